The van der Waals surface area contributed by atoms with E-state index in [9.17, 15) is 0 Å². The van der Waals surface area contributed by atoms with Gasteiger partial charge in [-0.05, 0) is 18.9 Å². The normalized spacial score (nSPS) is 14.5. The lowest BCUT2D eigenvalue weighted by Crippen LogP contribution is -2.32. The van der Waals surface area contributed by atoms with Crippen molar-refractivity contribution in [2.24, 2.45) is 5.73 Å². The molecule has 0 saturated carbocycles. The first kappa shape index (κ1) is 11.8. The molecule has 0 aliphatic heterocycles. The third-order valence-electron chi connectivity index (χ3n) is 3.02. The van der Waals surface area contributed by atoms with Crippen molar-refractivity contribution < 1.29 is 0 Å². The Hall–Kier alpha value is -1.68. The molecule has 0 bridgehead atoms. The van der Waals surface area contributed by atoms with Gasteiger partial charge in [0.25, 0.3) is 0 Å². The van der Waals surface area contributed by atoms with Gasteiger partial charge in [-0.3, -0.25) is 0 Å². The van der Waals surface area contributed by atoms with Crippen molar-refractivity contribution in [2.75, 3.05) is 0 Å². The van der Waals surface area contributed by atoms with Gasteiger partial charge in [-0.15, -0.1) is 0 Å². The molecule has 2 N–H and O–H groups in total. The zero-order valence-corrected chi connectivity index (χ0v) is 10.2. The molecular formula is C13H18N4. The van der Waals surface area contributed by atoms with E-state index in [1.54, 1.807) is 12.7 Å². The zero-order chi connectivity index (χ0) is 12.3. The van der Waals surface area contributed by atoms with Crippen molar-refractivity contribution in [3.8, 4) is 0 Å². The molecule has 0 fully saturated rings. The van der Waals surface area contributed by atoms with Crippen LogP contribution in [0.25, 0.3) is 0 Å². The second-order valence-corrected chi connectivity index (χ2v) is 4.30. The Morgan fingerprint density at radius 3 is 2.53 bits per heavy atom. The lowest BCUT2D eigenvalue weighted by atomic mass is 9.97. The molecule has 1 aromatic heterocycles. The predicted molar refractivity (Wildman–Crippen MR) is 67.6 cm³/mol. The average molecular weight is 230 g/mol. The topological polar surface area (TPSA) is 56.7 Å². The highest BCUT2D eigenvalue weighted by atomic mass is 15.3. The summed E-state index contributed by atoms with van der Waals surface area (Å²) in [6, 6.07) is 8.51. The molecule has 2 atom stereocenters. The Bertz CT molecular complexity index is 447. The third kappa shape index (κ3) is 2.53. The van der Waals surface area contributed by atoms with Crippen LogP contribution in [0, 0.1) is 6.92 Å². The number of aryl methyl sites for hydroxylation is 1. The fraction of sp³-hybridized carbons (Fsp3) is 0.385. The summed E-state index contributed by atoms with van der Waals surface area (Å²) < 4.78 is 1.83. The van der Waals surface area contributed by atoms with Crippen molar-refractivity contribution in [1.29, 1.82) is 0 Å². The highest BCUT2D eigenvalue weighted by molar-refractivity contribution is 5.25. The first-order valence-corrected chi connectivity index (χ1v) is 5.88. The van der Waals surface area contributed by atoms with Crippen LogP contribution in [0.4, 0.5) is 0 Å². The van der Waals surface area contributed by atoms with Gasteiger partial charge >= 0.3 is 0 Å². The third-order valence-corrected chi connectivity index (χ3v) is 3.02. The molecule has 2 aromatic rings. The fourth-order valence-corrected chi connectivity index (χ4v) is 1.94. The molecule has 0 amide bonds. The van der Waals surface area contributed by atoms with Crippen molar-refractivity contribution in [3.05, 3.63) is 48.0 Å². The summed E-state index contributed by atoms with van der Waals surface area (Å²) in [5.74, 6) is 0. The van der Waals surface area contributed by atoms with Gasteiger partial charge in [-0.1, -0.05) is 36.8 Å². The van der Waals surface area contributed by atoms with Gasteiger partial charge in [0.1, 0.15) is 12.7 Å². The minimum Gasteiger partial charge on any atom is -0.326 e. The number of rotatable bonds is 4. The number of aromatic nitrogens is 3. The number of benzene rings is 1. The van der Waals surface area contributed by atoms with Crippen LogP contribution in [0.3, 0.4) is 0 Å². The van der Waals surface area contributed by atoms with Gasteiger partial charge in [0.15, 0.2) is 0 Å². The van der Waals surface area contributed by atoms with E-state index >= 15 is 0 Å². The van der Waals surface area contributed by atoms with Gasteiger partial charge in [0.05, 0.1) is 6.04 Å². The van der Waals surface area contributed by atoms with E-state index in [4.69, 9.17) is 5.73 Å². The minimum absolute atomic E-state index is 0.0411. The molecule has 1 aromatic carbocycles. The number of nitrogens with two attached hydrogens (primary N) is 1. The maximum absolute atomic E-state index is 6.19. The van der Waals surface area contributed by atoms with E-state index < -0.39 is 0 Å². The molecule has 90 valence electrons. The SMILES string of the molecule is CCC(N)C(c1ccc(C)cc1)n1cncn1. The zero-order valence-electron chi connectivity index (χ0n) is 10.2. The molecule has 0 saturated heterocycles. The summed E-state index contributed by atoms with van der Waals surface area (Å²) in [5, 5.41) is 4.21. The van der Waals surface area contributed by atoms with Crippen molar-refractivity contribution in [2.45, 2.75) is 32.4 Å². The first-order chi connectivity index (χ1) is 8.22. The standard InChI is InChI=1S/C13H18N4/c1-3-12(14)13(17-9-15-8-16-17)11-6-4-10(2)5-7-11/h4-9,12-13H,3,14H2,1-2H3. The van der Waals surface area contributed by atoms with Crippen LogP contribution in [0.15, 0.2) is 36.9 Å². The highest BCUT2D eigenvalue weighted by Crippen LogP contribution is 2.22. The summed E-state index contributed by atoms with van der Waals surface area (Å²) in [7, 11) is 0. The summed E-state index contributed by atoms with van der Waals surface area (Å²) in [6.07, 6.45) is 4.17. The monoisotopic (exact) mass is 230 g/mol. The molecule has 17 heavy (non-hydrogen) atoms. The van der Waals surface area contributed by atoms with Gasteiger partial charge in [-0.2, -0.15) is 5.10 Å². The number of hydrogen-bond acceptors (Lipinski definition) is 3. The Kier molecular flexibility index (Phi) is 3.54. The second-order valence-electron chi connectivity index (χ2n) is 4.30. The Balaban J connectivity index is 2.37. The first-order valence-electron chi connectivity index (χ1n) is 5.88. The van der Waals surface area contributed by atoms with Gasteiger partial charge in [-0.25, -0.2) is 9.67 Å². The van der Waals surface area contributed by atoms with E-state index in [0.29, 0.717) is 0 Å². The lowest BCUT2D eigenvalue weighted by molar-refractivity contribution is 0.423. The summed E-state index contributed by atoms with van der Waals surface area (Å²) in [5.41, 5.74) is 8.61. The average Bonchev–Trinajstić information content (AvgIpc) is 2.85. The molecule has 1 heterocycles. The molecule has 2 unspecified atom stereocenters. The number of hydrogen-bond donors (Lipinski definition) is 1. The molecule has 0 radical (unpaired) electrons. The van der Waals surface area contributed by atoms with Gasteiger partial charge in [0.2, 0.25) is 0 Å². The Morgan fingerprint density at radius 1 is 1.29 bits per heavy atom. The molecule has 2 rings (SSSR count). The van der Waals surface area contributed by atoms with Gasteiger partial charge in [0, 0.05) is 6.04 Å². The van der Waals surface area contributed by atoms with Crippen LogP contribution in [0.5, 0.6) is 0 Å². The van der Waals surface area contributed by atoms with Crippen LogP contribution in [0.1, 0.15) is 30.5 Å². The predicted octanol–water partition coefficient (Wildman–Crippen LogP) is 1.91. The molecular weight excluding hydrogens is 212 g/mol. The second kappa shape index (κ2) is 5.10. The van der Waals surface area contributed by atoms with Gasteiger partial charge < -0.3 is 5.73 Å². The summed E-state index contributed by atoms with van der Waals surface area (Å²) in [4.78, 5) is 4.00. The maximum Gasteiger partial charge on any atom is 0.137 e. The molecule has 0 aliphatic carbocycles. The molecule has 0 spiro atoms. The quantitative estimate of drug-likeness (QED) is 0.873. The van der Waals surface area contributed by atoms with E-state index in [2.05, 4.69) is 48.2 Å². The lowest BCUT2D eigenvalue weighted by Gasteiger charge is -2.23. The van der Waals surface area contributed by atoms with Crippen LogP contribution in [-0.2, 0) is 0 Å². The molecule has 4 nitrogen and oxygen atoms in total. The van der Waals surface area contributed by atoms with Crippen molar-refractivity contribution >= 4 is 0 Å². The largest absolute Gasteiger partial charge is 0.326 e. The van der Waals surface area contributed by atoms with Crippen LogP contribution < -0.4 is 5.73 Å². The summed E-state index contributed by atoms with van der Waals surface area (Å²) in [6.45, 7) is 4.16. The smallest absolute Gasteiger partial charge is 0.137 e. The number of nitrogens with zero attached hydrogens (tertiary/aromatic N) is 3. The molecule has 0 aliphatic rings. The van der Waals surface area contributed by atoms with Crippen molar-refractivity contribution in [3.63, 3.8) is 0 Å². The van der Waals surface area contributed by atoms with E-state index in [0.717, 1.165) is 6.42 Å². The van der Waals surface area contributed by atoms with E-state index in [1.165, 1.54) is 11.1 Å². The molecule has 4 heteroatoms. The van der Waals surface area contributed by atoms with Crippen molar-refractivity contribution in [1.82, 2.24) is 14.8 Å². The minimum atomic E-state index is 0.0411. The van der Waals surface area contributed by atoms with Crippen LogP contribution >= 0.6 is 0 Å². The highest BCUT2D eigenvalue weighted by Gasteiger charge is 2.20. The summed E-state index contributed by atoms with van der Waals surface area (Å²) >= 11 is 0. The van der Waals surface area contributed by atoms with E-state index in [-0.39, 0.29) is 12.1 Å². The maximum atomic E-state index is 6.19. The Morgan fingerprint density at radius 2 is 2.00 bits per heavy atom. The fourth-order valence-electron chi connectivity index (χ4n) is 1.94. The van der Waals surface area contributed by atoms with E-state index in [1.807, 2.05) is 4.68 Å². The van der Waals surface area contributed by atoms with Crippen LogP contribution in [0.2, 0.25) is 0 Å². The van der Waals surface area contributed by atoms with Crippen LogP contribution in [-0.4, -0.2) is 20.8 Å². The Labute approximate surface area is 101 Å².